The molecule has 29 heavy (non-hydrogen) atoms. The van der Waals surface area contributed by atoms with Crippen LogP contribution in [0.5, 0.6) is 0 Å². The molecule has 1 aliphatic heterocycles. The second-order valence-electron chi connectivity index (χ2n) is 9.82. The number of nitrogens with zero attached hydrogens (tertiary/aromatic N) is 1. The van der Waals surface area contributed by atoms with Crippen LogP contribution in [0.3, 0.4) is 0 Å². The number of nitrogens with one attached hydrogen (secondary N) is 1. The molecule has 1 heterocycles. The highest BCUT2D eigenvalue weighted by Crippen LogP contribution is 2.55. The number of benzene rings is 1. The SMILES string of the molecule is O=C(NC12CC3CC(CC(C3)C1)C2)[C@H]1CCCN(S(=O)(=O)c2ccccc2Cl)C1. The molecule has 4 aliphatic carbocycles. The molecule has 0 radical (unpaired) electrons. The van der Waals surface area contributed by atoms with Gasteiger partial charge in [-0.25, -0.2) is 8.42 Å². The molecule has 1 aromatic rings. The smallest absolute Gasteiger partial charge is 0.244 e. The Morgan fingerprint density at radius 3 is 2.31 bits per heavy atom. The van der Waals surface area contributed by atoms with Gasteiger partial charge in [-0.15, -0.1) is 0 Å². The summed E-state index contributed by atoms with van der Waals surface area (Å²) in [6.07, 6.45) is 8.78. The molecule has 0 unspecified atom stereocenters. The third kappa shape index (κ3) is 3.61. The summed E-state index contributed by atoms with van der Waals surface area (Å²) in [5.41, 5.74) is -0.0320. The first-order valence-corrected chi connectivity index (χ1v) is 12.7. The van der Waals surface area contributed by atoms with Crippen molar-refractivity contribution in [1.29, 1.82) is 0 Å². The fraction of sp³-hybridized carbons (Fsp3) is 0.682. The number of sulfonamides is 1. The van der Waals surface area contributed by atoms with E-state index >= 15 is 0 Å². The van der Waals surface area contributed by atoms with Crippen molar-refractivity contribution in [2.45, 2.75) is 61.8 Å². The molecule has 0 aromatic heterocycles. The van der Waals surface area contributed by atoms with Crippen molar-refractivity contribution in [1.82, 2.24) is 9.62 Å². The van der Waals surface area contributed by atoms with Crippen LogP contribution < -0.4 is 5.32 Å². The van der Waals surface area contributed by atoms with E-state index in [4.69, 9.17) is 11.6 Å². The molecule has 0 spiro atoms. The normalized spacial score (nSPS) is 36.9. The Bertz CT molecular complexity index is 881. The minimum atomic E-state index is -3.69. The predicted octanol–water partition coefficient (Wildman–Crippen LogP) is 3.83. The highest BCUT2D eigenvalue weighted by atomic mass is 35.5. The summed E-state index contributed by atoms with van der Waals surface area (Å²) in [6, 6.07) is 6.53. The third-order valence-corrected chi connectivity index (χ3v) is 10.0. The van der Waals surface area contributed by atoms with Gasteiger partial charge in [-0.3, -0.25) is 4.79 Å². The standard InChI is InChI=1S/C22H29ClN2O3S/c23-19-5-1-2-6-20(19)29(27,28)25-7-3-4-18(14-25)21(26)24-22-11-15-8-16(12-22)10-17(9-15)13-22/h1-2,5-6,15-18H,3-4,7-14H2,(H,24,26)/t15?,16?,17?,18-,22?/m0/s1. The van der Waals surface area contributed by atoms with Gasteiger partial charge >= 0.3 is 0 Å². The Balaban J connectivity index is 1.30. The number of carbonyl (C=O) groups excluding carboxylic acids is 1. The number of amides is 1. The van der Waals surface area contributed by atoms with Gasteiger partial charge in [0.2, 0.25) is 15.9 Å². The van der Waals surface area contributed by atoms with Crippen molar-refractivity contribution in [3.05, 3.63) is 29.3 Å². The molecule has 5 aliphatic rings. The predicted molar refractivity (Wildman–Crippen MR) is 112 cm³/mol. The maximum absolute atomic E-state index is 13.2. The molecule has 4 saturated carbocycles. The summed E-state index contributed by atoms with van der Waals surface area (Å²) < 4.78 is 27.6. The van der Waals surface area contributed by atoms with E-state index in [1.165, 1.54) is 29.6 Å². The van der Waals surface area contributed by atoms with Gasteiger partial charge in [0.15, 0.2) is 0 Å². The molecule has 1 amide bonds. The maximum Gasteiger partial charge on any atom is 0.244 e. The van der Waals surface area contributed by atoms with E-state index < -0.39 is 10.0 Å². The zero-order valence-electron chi connectivity index (χ0n) is 16.6. The van der Waals surface area contributed by atoms with E-state index in [-0.39, 0.29) is 33.8 Å². The molecule has 6 rings (SSSR count). The number of halogens is 1. The molecule has 1 saturated heterocycles. The van der Waals surface area contributed by atoms with Crippen LogP contribution in [-0.2, 0) is 14.8 Å². The van der Waals surface area contributed by atoms with Crippen molar-refractivity contribution in [2.75, 3.05) is 13.1 Å². The minimum absolute atomic E-state index is 0.0320. The van der Waals surface area contributed by atoms with E-state index in [1.807, 2.05) is 0 Å². The van der Waals surface area contributed by atoms with Gasteiger partial charge in [0.05, 0.1) is 10.9 Å². The van der Waals surface area contributed by atoms with Gasteiger partial charge in [-0.05, 0) is 81.3 Å². The van der Waals surface area contributed by atoms with E-state index in [2.05, 4.69) is 5.32 Å². The van der Waals surface area contributed by atoms with Crippen molar-refractivity contribution < 1.29 is 13.2 Å². The van der Waals surface area contributed by atoms with Gasteiger partial charge in [0.25, 0.3) is 0 Å². The molecular weight excluding hydrogens is 408 g/mol. The molecule has 5 fully saturated rings. The van der Waals surface area contributed by atoms with Crippen molar-refractivity contribution in [2.24, 2.45) is 23.7 Å². The van der Waals surface area contributed by atoms with Gasteiger partial charge in [-0.2, -0.15) is 4.31 Å². The van der Waals surface area contributed by atoms with Gasteiger partial charge < -0.3 is 5.32 Å². The van der Waals surface area contributed by atoms with Crippen LogP contribution in [0, 0.1) is 23.7 Å². The van der Waals surface area contributed by atoms with E-state index in [0.717, 1.165) is 43.4 Å². The van der Waals surface area contributed by atoms with Crippen molar-refractivity contribution >= 4 is 27.5 Å². The Hall–Kier alpha value is -1.11. The monoisotopic (exact) mass is 436 g/mol. The number of hydrogen-bond donors (Lipinski definition) is 1. The first-order chi connectivity index (χ1) is 13.8. The lowest BCUT2D eigenvalue weighted by atomic mass is 9.53. The van der Waals surface area contributed by atoms with Gasteiger partial charge in [0.1, 0.15) is 4.90 Å². The molecular formula is C22H29ClN2O3S. The van der Waals surface area contributed by atoms with E-state index in [0.29, 0.717) is 13.0 Å². The maximum atomic E-state index is 13.2. The van der Waals surface area contributed by atoms with Crippen LogP contribution in [0.1, 0.15) is 51.4 Å². The minimum Gasteiger partial charge on any atom is -0.350 e. The number of hydrogen-bond acceptors (Lipinski definition) is 3. The zero-order valence-corrected chi connectivity index (χ0v) is 18.2. The second-order valence-corrected chi connectivity index (χ2v) is 12.1. The topological polar surface area (TPSA) is 66.5 Å². The van der Waals surface area contributed by atoms with Crippen LogP contribution in [0.2, 0.25) is 5.02 Å². The molecule has 1 N–H and O–H groups in total. The summed E-state index contributed by atoms with van der Waals surface area (Å²) in [4.78, 5) is 13.3. The lowest BCUT2D eigenvalue weighted by Crippen LogP contribution is -2.61. The first-order valence-electron chi connectivity index (χ1n) is 10.9. The average Bonchev–Trinajstić information content (AvgIpc) is 2.67. The van der Waals surface area contributed by atoms with Crippen molar-refractivity contribution in [3.8, 4) is 0 Å². The second kappa shape index (κ2) is 7.24. The highest BCUT2D eigenvalue weighted by Gasteiger charge is 2.52. The van der Waals surface area contributed by atoms with Crippen LogP contribution in [0.15, 0.2) is 29.2 Å². The Morgan fingerprint density at radius 1 is 1.07 bits per heavy atom. The summed E-state index contributed by atoms with van der Waals surface area (Å²) in [6.45, 7) is 0.681. The molecule has 158 valence electrons. The highest BCUT2D eigenvalue weighted by molar-refractivity contribution is 7.89. The Labute approximate surface area is 178 Å². The quantitative estimate of drug-likeness (QED) is 0.780. The lowest BCUT2D eigenvalue weighted by molar-refractivity contribution is -0.131. The molecule has 7 heteroatoms. The largest absolute Gasteiger partial charge is 0.350 e. The molecule has 5 nitrogen and oxygen atoms in total. The fourth-order valence-corrected chi connectivity index (χ4v) is 8.81. The zero-order chi connectivity index (χ0) is 20.2. The van der Waals surface area contributed by atoms with Crippen LogP contribution in [0.25, 0.3) is 0 Å². The Morgan fingerprint density at radius 2 is 1.69 bits per heavy atom. The number of rotatable bonds is 4. The molecule has 4 bridgehead atoms. The van der Waals surface area contributed by atoms with Gasteiger partial charge in [-0.1, -0.05) is 23.7 Å². The summed E-state index contributed by atoms with van der Waals surface area (Å²) in [7, 11) is -3.69. The summed E-state index contributed by atoms with van der Waals surface area (Å²) in [5.74, 6) is 2.07. The summed E-state index contributed by atoms with van der Waals surface area (Å²) >= 11 is 6.15. The van der Waals surface area contributed by atoms with E-state index in [1.54, 1.807) is 18.2 Å². The third-order valence-electron chi connectivity index (χ3n) is 7.64. The average molecular weight is 437 g/mol. The number of piperidine rings is 1. The van der Waals surface area contributed by atoms with Gasteiger partial charge in [0, 0.05) is 18.6 Å². The lowest BCUT2D eigenvalue weighted by Gasteiger charge is -2.57. The first kappa shape index (κ1) is 19.8. The van der Waals surface area contributed by atoms with E-state index in [9.17, 15) is 13.2 Å². The van der Waals surface area contributed by atoms with Crippen molar-refractivity contribution in [3.63, 3.8) is 0 Å². The van der Waals surface area contributed by atoms with Crippen LogP contribution in [-0.4, -0.2) is 37.3 Å². The molecule has 1 aromatic carbocycles. The van der Waals surface area contributed by atoms with Crippen LogP contribution >= 0.6 is 11.6 Å². The summed E-state index contributed by atoms with van der Waals surface area (Å²) in [5, 5.41) is 3.66. The Kier molecular flexibility index (Phi) is 4.95. The molecule has 1 atom stereocenters. The van der Waals surface area contributed by atoms with Crippen LogP contribution in [0.4, 0.5) is 0 Å². The fourth-order valence-electron chi connectivity index (χ4n) is 6.79. The number of carbonyl (C=O) groups is 1.